The van der Waals surface area contributed by atoms with Gasteiger partial charge in [0.25, 0.3) is 11.5 Å². The minimum absolute atomic E-state index is 0.135. The molecule has 1 atom stereocenters. The Labute approximate surface area is 172 Å². The van der Waals surface area contributed by atoms with Crippen molar-refractivity contribution in [1.82, 2.24) is 14.3 Å². The van der Waals surface area contributed by atoms with Crippen molar-refractivity contribution in [1.29, 1.82) is 0 Å². The van der Waals surface area contributed by atoms with Crippen molar-refractivity contribution in [2.45, 2.75) is 25.8 Å². The molecule has 0 bridgehead atoms. The third kappa shape index (κ3) is 3.40. The maximum atomic E-state index is 13.0. The number of para-hydroxylation sites is 1. The number of nitrogens with one attached hydrogen (secondary N) is 1. The Kier molecular flexibility index (Phi) is 5.10. The maximum absolute atomic E-state index is 13.0. The van der Waals surface area contributed by atoms with Gasteiger partial charge in [-0.25, -0.2) is 4.68 Å². The highest BCUT2D eigenvalue weighted by atomic mass is 32.1. The molecule has 150 valence electrons. The molecular formula is C21H22N4O3S. The Bertz CT molecular complexity index is 1100. The van der Waals surface area contributed by atoms with Gasteiger partial charge in [0.1, 0.15) is 11.7 Å². The molecular weight excluding hydrogens is 388 g/mol. The highest BCUT2D eigenvalue weighted by molar-refractivity contribution is 7.12. The molecule has 1 aliphatic rings. The SMILES string of the molecule is Cc1c(NC(=O)[C@@H]2CCCN2C(=O)c2cccs2)c(=O)n(-c2ccccc2)n1C. The number of anilines is 1. The van der Waals surface area contributed by atoms with Crippen LogP contribution in [0.2, 0.25) is 0 Å². The fourth-order valence-corrected chi connectivity index (χ4v) is 4.42. The largest absolute Gasteiger partial charge is 0.326 e. The molecule has 29 heavy (non-hydrogen) atoms. The first-order chi connectivity index (χ1) is 14.0. The van der Waals surface area contributed by atoms with Crippen molar-refractivity contribution in [2.75, 3.05) is 11.9 Å². The van der Waals surface area contributed by atoms with Crippen LogP contribution in [0.1, 0.15) is 28.2 Å². The van der Waals surface area contributed by atoms with E-state index < -0.39 is 6.04 Å². The van der Waals surface area contributed by atoms with Crippen molar-refractivity contribution in [2.24, 2.45) is 7.05 Å². The molecule has 1 aliphatic heterocycles. The summed E-state index contributed by atoms with van der Waals surface area (Å²) in [6.07, 6.45) is 1.35. The maximum Gasteiger partial charge on any atom is 0.295 e. The molecule has 8 heteroatoms. The van der Waals surface area contributed by atoms with Crippen molar-refractivity contribution in [3.63, 3.8) is 0 Å². The Morgan fingerprint density at radius 2 is 1.90 bits per heavy atom. The lowest BCUT2D eigenvalue weighted by atomic mass is 10.2. The molecule has 0 unspecified atom stereocenters. The number of amides is 2. The van der Waals surface area contributed by atoms with E-state index in [1.807, 2.05) is 41.8 Å². The second-order valence-corrected chi connectivity index (χ2v) is 8.01. The molecule has 1 fully saturated rings. The molecule has 2 aromatic heterocycles. The lowest BCUT2D eigenvalue weighted by Gasteiger charge is -2.23. The summed E-state index contributed by atoms with van der Waals surface area (Å²) in [6, 6.07) is 12.3. The summed E-state index contributed by atoms with van der Waals surface area (Å²) in [5.41, 5.74) is 1.33. The molecule has 3 aromatic rings. The van der Waals surface area contributed by atoms with Crippen molar-refractivity contribution in [3.8, 4) is 5.69 Å². The van der Waals surface area contributed by atoms with Crippen molar-refractivity contribution in [3.05, 3.63) is 68.8 Å². The fourth-order valence-electron chi connectivity index (χ4n) is 3.74. The smallest absolute Gasteiger partial charge is 0.295 e. The zero-order valence-corrected chi connectivity index (χ0v) is 17.1. The molecule has 1 N–H and O–H groups in total. The van der Waals surface area contributed by atoms with Gasteiger partial charge in [-0.3, -0.25) is 19.1 Å². The lowest BCUT2D eigenvalue weighted by molar-refractivity contribution is -0.119. The van der Waals surface area contributed by atoms with Gasteiger partial charge in [-0.2, -0.15) is 0 Å². The molecule has 7 nitrogen and oxygen atoms in total. The average Bonchev–Trinajstić information content (AvgIpc) is 3.46. The summed E-state index contributed by atoms with van der Waals surface area (Å²) in [5, 5.41) is 4.64. The van der Waals surface area contributed by atoms with Crippen LogP contribution in [0.15, 0.2) is 52.6 Å². The Morgan fingerprint density at radius 3 is 2.59 bits per heavy atom. The van der Waals surface area contributed by atoms with E-state index >= 15 is 0 Å². The third-order valence-electron chi connectivity index (χ3n) is 5.35. The number of carbonyl (C=O) groups excluding carboxylic acids is 2. The Morgan fingerprint density at radius 1 is 1.14 bits per heavy atom. The van der Waals surface area contributed by atoms with Gasteiger partial charge in [-0.1, -0.05) is 24.3 Å². The van der Waals surface area contributed by atoms with Gasteiger partial charge in [0, 0.05) is 13.6 Å². The summed E-state index contributed by atoms with van der Waals surface area (Å²) in [4.78, 5) is 41.0. The van der Waals surface area contributed by atoms with E-state index in [1.165, 1.54) is 16.0 Å². The average molecular weight is 410 g/mol. The van der Waals surface area contributed by atoms with Gasteiger partial charge in [-0.05, 0) is 43.3 Å². The minimum Gasteiger partial charge on any atom is -0.326 e. The summed E-state index contributed by atoms with van der Waals surface area (Å²) < 4.78 is 3.24. The standard InChI is InChI=1S/C21H22N4O3S/c1-14-18(21(28)25(23(14)2)15-8-4-3-5-9-15)22-19(26)16-10-6-12-24(16)20(27)17-11-7-13-29-17/h3-5,7-9,11,13,16H,6,10,12H2,1-2H3,(H,22,26)/t16-/m0/s1. The van der Waals surface area contributed by atoms with Crippen LogP contribution in [-0.2, 0) is 11.8 Å². The highest BCUT2D eigenvalue weighted by Gasteiger charge is 2.35. The number of benzene rings is 1. The van der Waals surface area contributed by atoms with E-state index in [2.05, 4.69) is 5.32 Å². The quantitative estimate of drug-likeness (QED) is 0.719. The number of nitrogens with zero attached hydrogens (tertiary/aromatic N) is 3. The Hall–Kier alpha value is -3.13. The molecule has 0 aliphatic carbocycles. The van der Waals surface area contributed by atoms with Crippen LogP contribution >= 0.6 is 11.3 Å². The van der Waals surface area contributed by atoms with Crippen LogP contribution in [0.3, 0.4) is 0 Å². The number of hydrogen-bond donors (Lipinski definition) is 1. The second-order valence-electron chi connectivity index (χ2n) is 7.06. The number of rotatable bonds is 4. The van der Waals surface area contributed by atoms with E-state index in [1.54, 1.807) is 29.6 Å². The van der Waals surface area contributed by atoms with Crippen LogP contribution in [-0.4, -0.2) is 38.7 Å². The molecule has 0 radical (unpaired) electrons. The zero-order chi connectivity index (χ0) is 20.5. The topological polar surface area (TPSA) is 76.3 Å². The Balaban J connectivity index is 1.60. The predicted octanol–water partition coefficient (Wildman–Crippen LogP) is 2.79. The first-order valence-electron chi connectivity index (χ1n) is 9.48. The lowest BCUT2D eigenvalue weighted by Crippen LogP contribution is -2.43. The van der Waals surface area contributed by atoms with Gasteiger partial charge in [0.2, 0.25) is 5.91 Å². The summed E-state index contributed by atoms with van der Waals surface area (Å²) in [6.45, 7) is 2.33. The molecule has 1 aromatic carbocycles. The molecule has 1 saturated heterocycles. The van der Waals surface area contributed by atoms with Crippen LogP contribution in [0.4, 0.5) is 5.69 Å². The number of carbonyl (C=O) groups is 2. The zero-order valence-electron chi connectivity index (χ0n) is 16.3. The minimum atomic E-state index is -0.575. The first kappa shape index (κ1) is 19.2. The van der Waals surface area contributed by atoms with Gasteiger partial charge >= 0.3 is 0 Å². The number of aromatic nitrogens is 2. The van der Waals surface area contributed by atoms with Gasteiger partial charge < -0.3 is 10.2 Å². The molecule has 2 amide bonds. The van der Waals surface area contributed by atoms with E-state index in [-0.39, 0.29) is 23.1 Å². The molecule has 4 rings (SSSR count). The van der Waals surface area contributed by atoms with Crippen molar-refractivity contribution >= 4 is 28.8 Å². The summed E-state index contributed by atoms with van der Waals surface area (Å²) in [7, 11) is 1.78. The summed E-state index contributed by atoms with van der Waals surface area (Å²) in [5.74, 6) is -0.456. The van der Waals surface area contributed by atoms with Crippen LogP contribution in [0, 0.1) is 6.92 Å². The van der Waals surface area contributed by atoms with E-state index in [0.29, 0.717) is 23.5 Å². The van der Waals surface area contributed by atoms with Crippen LogP contribution in [0.25, 0.3) is 5.69 Å². The van der Waals surface area contributed by atoms with E-state index in [9.17, 15) is 14.4 Å². The molecule has 0 saturated carbocycles. The number of likely N-dealkylation sites (tertiary alicyclic amines) is 1. The van der Waals surface area contributed by atoms with E-state index in [4.69, 9.17) is 0 Å². The molecule has 3 heterocycles. The van der Waals surface area contributed by atoms with Crippen molar-refractivity contribution < 1.29 is 9.59 Å². The monoisotopic (exact) mass is 410 g/mol. The molecule has 0 spiro atoms. The number of thiophene rings is 1. The second kappa shape index (κ2) is 7.71. The van der Waals surface area contributed by atoms with Crippen LogP contribution < -0.4 is 10.9 Å². The third-order valence-corrected chi connectivity index (χ3v) is 6.21. The first-order valence-corrected chi connectivity index (χ1v) is 10.4. The van der Waals surface area contributed by atoms with Gasteiger partial charge in [-0.15, -0.1) is 11.3 Å². The fraction of sp³-hybridized carbons (Fsp3) is 0.286. The van der Waals surface area contributed by atoms with E-state index in [0.717, 1.165) is 12.1 Å². The highest BCUT2D eigenvalue weighted by Crippen LogP contribution is 2.24. The predicted molar refractivity (Wildman–Crippen MR) is 113 cm³/mol. The summed E-state index contributed by atoms with van der Waals surface area (Å²) >= 11 is 1.36. The van der Waals surface area contributed by atoms with Crippen LogP contribution in [0.5, 0.6) is 0 Å². The van der Waals surface area contributed by atoms with Gasteiger partial charge in [0.15, 0.2) is 0 Å². The normalized spacial score (nSPS) is 16.2. The number of hydrogen-bond acceptors (Lipinski definition) is 4. The van der Waals surface area contributed by atoms with Gasteiger partial charge in [0.05, 0.1) is 16.3 Å².